The molecule has 0 saturated carbocycles. The van der Waals surface area contributed by atoms with E-state index in [1.165, 1.54) is 11.3 Å². The van der Waals surface area contributed by atoms with E-state index in [0.717, 1.165) is 4.21 Å². The van der Waals surface area contributed by atoms with Crippen LogP contribution >= 0.6 is 23.1 Å². The molecular weight excluding hydrogens is 314 g/mol. The van der Waals surface area contributed by atoms with Crippen molar-refractivity contribution in [3.05, 3.63) is 11.2 Å². The molecular formula is C12H19N3O4S2. The molecule has 9 heteroatoms. The predicted molar refractivity (Wildman–Crippen MR) is 81.9 cm³/mol. The predicted octanol–water partition coefficient (Wildman–Crippen LogP) is 2.53. The van der Waals surface area contributed by atoms with Gasteiger partial charge in [0.2, 0.25) is 0 Å². The molecule has 0 aliphatic carbocycles. The Morgan fingerprint density at radius 1 is 1.43 bits per heavy atom. The number of hydrogen-bond acceptors (Lipinski definition) is 6. The highest BCUT2D eigenvalue weighted by Crippen LogP contribution is 2.24. The third kappa shape index (κ3) is 8.41. The number of nitrogens with one attached hydrogen (secondary N) is 2. The number of thioether (sulfide) groups is 1. The minimum absolute atomic E-state index is 0.205. The van der Waals surface area contributed by atoms with Gasteiger partial charge in [0.25, 0.3) is 0 Å². The molecule has 1 aromatic heterocycles. The van der Waals surface area contributed by atoms with Gasteiger partial charge in [-0.3, -0.25) is 0 Å². The zero-order valence-corrected chi connectivity index (χ0v) is 13.8. The first kappa shape index (κ1) is 17.6. The maximum Gasteiger partial charge on any atom is 0.407 e. The molecule has 0 aliphatic heterocycles. The van der Waals surface area contributed by atoms with Gasteiger partial charge in [-0.05, 0) is 20.8 Å². The summed E-state index contributed by atoms with van der Waals surface area (Å²) in [6.07, 6.45) is 0.196. The highest BCUT2D eigenvalue weighted by Gasteiger charge is 2.15. The molecule has 1 heterocycles. The highest BCUT2D eigenvalue weighted by molar-refractivity contribution is 8.01. The second-order valence-electron chi connectivity index (χ2n) is 5.01. The summed E-state index contributed by atoms with van der Waals surface area (Å²) in [5.74, 6) is 0.688. The Hall–Kier alpha value is -1.48. The first-order valence-corrected chi connectivity index (χ1v) is 8.07. The quantitative estimate of drug-likeness (QED) is 0.546. The molecule has 118 valence electrons. The summed E-state index contributed by atoms with van der Waals surface area (Å²) >= 11 is 2.97. The summed E-state index contributed by atoms with van der Waals surface area (Å²) < 4.78 is 6.09. The molecule has 2 amide bonds. The molecule has 0 aliphatic rings. The van der Waals surface area contributed by atoms with Gasteiger partial charge in [0.15, 0.2) is 0 Å². The molecule has 0 bridgehead atoms. The third-order valence-electron chi connectivity index (χ3n) is 1.94. The number of ether oxygens (including phenoxy) is 1. The standard InChI is InChI=1S/C12H19N3O4S2/c1-12(2,3)19-11(18)13-4-5-20-9-7-14-8(21-9)6-15-10(16)17/h7,15H,4-6H2,1-3H3,(H,13,18)(H,16,17). The van der Waals surface area contributed by atoms with Gasteiger partial charge in [0, 0.05) is 12.3 Å². The van der Waals surface area contributed by atoms with E-state index in [1.807, 2.05) is 20.8 Å². The molecule has 0 aromatic carbocycles. The molecule has 7 nitrogen and oxygen atoms in total. The van der Waals surface area contributed by atoms with Gasteiger partial charge in [-0.2, -0.15) is 0 Å². The number of carboxylic acid groups (broad SMARTS) is 1. The lowest BCUT2D eigenvalue weighted by Gasteiger charge is -2.19. The van der Waals surface area contributed by atoms with Crippen molar-refractivity contribution in [1.29, 1.82) is 0 Å². The molecule has 0 saturated heterocycles. The normalized spacial score (nSPS) is 11.0. The van der Waals surface area contributed by atoms with Crippen molar-refractivity contribution >= 4 is 35.3 Å². The topological polar surface area (TPSA) is 101 Å². The Labute approximate surface area is 131 Å². The van der Waals surface area contributed by atoms with Crippen molar-refractivity contribution in [3.63, 3.8) is 0 Å². The number of hydrogen-bond donors (Lipinski definition) is 3. The maximum atomic E-state index is 11.4. The van der Waals surface area contributed by atoms with E-state index < -0.39 is 17.8 Å². The molecule has 0 atom stereocenters. The summed E-state index contributed by atoms with van der Waals surface area (Å²) in [5.41, 5.74) is -0.499. The summed E-state index contributed by atoms with van der Waals surface area (Å²) in [6, 6.07) is 0. The summed E-state index contributed by atoms with van der Waals surface area (Å²) in [5, 5.41) is 14.1. The fraction of sp³-hybridized carbons (Fsp3) is 0.583. The van der Waals surface area contributed by atoms with Gasteiger partial charge in [-0.1, -0.05) is 0 Å². The van der Waals surface area contributed by atoms with Crippen LogP contribution in [-0.4, -0.2) is 40.2 Å². The van der Waals surface area contributed by atoms with Crippen molar-refractivity contribution in [2.75, 3.05) is 12.3 Å². The van der Waals surface area contributed by atoms with Gasteiger partial charge in [0.05, 0.1) is 17.0 Å². The van der Waals surface area contributed by atoms with E-state index >= 15 is 0 Å². The van der Waals surface area contributed by atoms with Gasteiger partial charge in [0.1, 0.15) is 10.6 Å². The number of alkyl carbamates (subject to hydrolysis) is 1. The Kier molecular flexibility index (Phi) is 6.76. The number of carbonyl (C=O) groups excluding carboxylic acids is 1. The summed E-state index contributed by atoms with van der Waals surface area (Å²) in [4.78, 5) is 25.9. The fourth-order valence-corrected chi connectivity index (χ4v) is 3.11. The van der Waals surface area contributed by atoms with Crippen LogP contribution in [0.15, 0.2) is 10.4 Å². The lowest BCUT2D eigenvalue weighted by atomic mass is 10.2. The fourth-order valence-electron chi connectivity index (χ4n) is 1.21. The summed E-state index contributed by atoms with van der Waals surface area (Å²) in [6.45, 7) is 6.12. The van der Waals surface area contributed by atoms with Crippen LogP contribution in [-0.2, 0) is 11.3 Å². The lowest BCUT2D eigenvalue weighted by Crippen LogP contribution is -2.33. The van der Waals surface area contributed by atoms with Crippen LogP contribution in [0.3, 0.4) is 0 Å². The molecule has 0 fully saturated rings. The molecule has 1 rings (SSSR count). The minimum Gasteiger partial charge on any atom is -0.465 e. The third-order valence-corrected chi connectivity index (χ3v) is 4.13. The Morgan fingerprint density at radius 2 is 2.14 bits per heavy atom. The number of aromatic nitrogens is 1. The average Bonchev–Trinajstić information content (AvgIpc) is 2.78. The maximum absolute atomic E-state index is 11.4. The molecule has 0 unspecified atom stereocenters. The second kappa shape index (κ2) is 8.08. The van der Waals surface area contributed by atoms with Crippen LogP contribution < -0.4 is 10.6 Å². The van der Waals surface area contributed by atoms with Gasteiger partial charge in [-0.15, -0.1) is 23.1 Å². The van der Waals surface area contributed by atoms with Crippen LogP contribution in [0.1, 0.15) is 25.8 Å². The van der Waals surface area contributed by atoms with Gasteiger partial charge in [-0.25, -0.2) is 14.6 Å². The number of amides is 2. The average molecular weight is 333 g/mol. The Bertz CT molecular complexity index is 485. The van der Waals surface area contributed by atoms with Crippen molar-refractivity contribution in [2.24, 2.45) is 0 Å². The minimum atomic E-state index is -1.07. The molecule has 0 spiro atoms. The Morgan fingerprint density at radius 3 is 2.76 bits per heavy atom. The van der Waals surface area contributed by atoms with Crippen molar-refractivity contribution in [2.45, 2.75) is 37.1 Å². The van der Waals surface area contributed by atoms with Crippen molar-refractivity contribution in [1.82, 2.24) is 15.6 Å². The van der Waals surface area contributed by atoms with Crippen molar-refractivity contribution < 1.29 is 19.4 Å². The Balaban J connectivity index is 2.21. The lowest BCUT2D eigenvalue weighted by molar-refractivity contribution is 0.0531. The van der Waals surface area contributed by atoms with E-state index in [2.05, 4.69) is 15.6 Å². The smallest absolute Gasteiger partial charge is 0.407 e. The van der Waals surface area contributed by atoms with E-state index in [-0.39, 0.29) is 6.54 Å². The van der Waals surface area contributed by atoms with E-state index in [1.54, 1.807) is 18.0 Å². The first-order valence-electron chi connectivity index (χ1n) is 6.27. The van der Waals surface area contributed by atoms with Crippen LogP contribution in [0.4, 0.5) is 9.59 Å². The van der Waals surface area contributed by atoms with Crippen LogP contribution in [0, 0.1) is 0 Å². The zero-order valence-electron chi connectivity index (χ0n) is 12.1. The van der Waals surface area contributed by atoms with Gasteiger partial charge < -0.3 is 20.5 Å². The van der Waals surface area contributed by atoms with Crippen molar-refractivity contribution in [3.8, 4) is 0 Å². The second-order valence-corrected chi connectivity index (χ2v) is 7.52. The highest BCUT2D eigenvalue weighted by atomic mass is 32.2. The number of carbonyl (C=O) groups is 2. The van der Waals surface area contributed by atoms with Crippen LogP contribution in [0.2, 0.25) is 0 Å². The van der Waals surface area contributed by atoms with Crippen LogP contribution in [0.25, 0.3) is 0 Å². The summed E-state index contributed by atoms with van der Waals surface area (Å²) in [7, 11) is 0. The molecule has 0 radical (unpaired) electrons. The van der Waals surface area contributed by atoms with Crippen LogP contribution in [0.5, 0.6) is 0 Å². The van der Waals surface area contributed by atoms with E-state index in [4.69, 9.17) is 9.84 Å². The molecule has 21 heavy (non-hydrogen) atoms. The van der Waals surface area contributed by atoms with E-state index in [9.17, 15) is 9.59 Å². The van der Waals surface area contributed by atoms with E-state index in [0.29, 0.717) is 17.3 Å². The SMILES string of the molecule is CC(C)(C)OC(=O)NCCSc1cnc(CNC(=O)O)s1. The molecule has 3 N–H and O–H groups in total. The number of rotatable bonds is 6. The first-order chi connectivity index (χ1) is 9.76. The number of nitrogens with zero attached hydrogens (tertiary/aromatic N) is 1. The molecule has 1 aromatic rings. The zero-order chi connectivity index (χ0) is 15.9. The monoisotopic (exact) mass is 333 g/mol. The largest absolute Gasteiger partial charge is 0.465 e. The number of thiazole rings is 1. The van der Waals surface area contributed by atoms with Gasteiger partial charge >= 0.3 is 12.2 Å².